The lowest BCUT2D eigenvalue weighted by Gasteiger charge is -2.25. The Labute approximate surface area is 162 Å². The van der Waals surface area contributed by atoms with E-state index in [1.165, 1.54) is 11.3 Å². The van der Waals surface area contributed by atoms with E-state index in [1.807, 2.05) is 0 Å². The molecule has 0 spiro atoms. The van der Waals surface area contributed by atoms with E-state index in [9.17, 15) is 14.4 Å². The Bertz CT molecular complexity index is 1160. The number of hydrogen-bond acceptors (Lipinski definition) is 5. The molecule has 3 heterocycles. The first-order valence-electron chi connectivity index (χ1n) is 8.46. The van der Waals surface area contributed by atoms with Crippen molar-refractivity contribution in [3.05, 3.63) is 60.6 Å². The average Bonchev–Trinajstić information content (AvgIpc) is 2.99. The van der Waals surface area contributed by atoms with Gasteiger partial charge in [0.25, 0.3) is 5.56 Å². The van der Waals surface area contributed by atoms with Crippen molar-refractivity contribution in [3.63, 3.8) is 0 Å². The smallest absolute Gasteiger partial charge is 0.410 e. The second-order valence-electron chi connectivity index (χ2n) is 6.13. The molecule has 1 amide bonds. The lowest BCUT2D eigenvalue weighted by Crippen LogP contribution is -2.36. The van der Waals surface area contributed by atoms with E-state index in [4.69, 9.17) is 16.3 Å². The van der Waals surface area contributed by atoms with Gasteiger partial charge in [0.15, 0.2) is 0 Å². The molecule has 0 bridgehead atoms. The molecule has 1 aromatic carbocycles. The number of amides is 1. The summed E-state index contributed by atoms with van der Waals surface area (Å²) in [5, 5.41) is 0.939. The highest BCUT2D eigenvalue weighted by molar-refractivity contribution is 7.18. The molecule has 0 radical (unpaired) electrons. The predicted octanol–water partition coefficient (Wildman–Crippen LogP) is 2.91. The molecule has 0 saturated carbocycles. The van der Waals surface area contributed by atoms with Gasteiger partial charge in [-0.1, -0.05) is 17.7 Å². The molecule has 2 aromatic heterocycles. The van der Waals surface area contributed by atoms with Gasteiger partial charge >= 0.3 is 11.8 Å². The molecule has 0 atom stereocenters. The number of nitrogens with one attached hydrogen (secondary N) is 1. The number of halogens is 1. The summed E-state index contributed by atoms with van der Waals surface area (Å²) in [6.07, 6.45) is 0.163. The van der Waals surface area contributed by atoms with Crippen LogP contribution >= 0.6 is 22.9 Å². The molecule has 140 valence electrons. The maximum absolute atomic E-state index is 13.1. The lowest BCUT2D eigenvalue weighted by atomic mass is 10.1. The number of thiophene rings is 1. The van der Waals surface area contributed by atoms with E-state index in [-0.39, 0.29) is 11.7 Å². The monoisotopic (exact) mass is 405 g/mol. The molecule has 0 aliphatic carbocycles. The Morgan fingerprint density at radius 3 is 2.93 bits per heavy atom. The number of carbonyl (C=O) groups is 1. The number of benzene rings is 1. The van der Waals surface area contributed by atoms with Crippen molar-refractivity contribution in [2.45, 2.75) is 19.9 Å². The fraction of sp³-hybridized carbons (Fsp3) is 0.278. The Morgan fingerprint density at radius 2 is 2.19 bits per heavy atom. The number of aromatic amines is 1. The molecule has 4 rings (SSSR count). The van der Waals surface area contributed by atoms with Crippen molar-refractivity contribution in [1.29, 1.82) is 0 Å². The fourth-order valence-electron chi connectivity index (χ4n) is 3.30. The van der Waals surface area contributed by atoms with E-state index in [0.29, 0.717) is 47.0 Å². The average molecular weight is 406 g/mol. The first-order chi connectivity index (χ1) is 13.0. The van der Waals surface area contributed by atoms with Crippen molar-refractivity contribution in [2.24, 2.45) is 0 Å². The van der Waals surface area contributed by atoms with Crippen LogP contribution in [0.4, 0.5) is 4.79 Å². The van der Waals surface area contributed by atoms with E-state index in [0.717, 1.165) is 15.0 Å². The number of ether oxygens (including phenoxy) is 1. The van der Waals surface area contributed by atoms with Crippen LogP contribution in [-0.2, 0) is 17.7 Å². The zero-order chi connectivity index (χ0) is 19.1. The summed E-state index contributed by atoms with van der Waals surface area (Å²) in [7, 11) is 0. The number of carbonyl (C=O) groups excluding carboxylic acids is 1. The standard InChI is InChI=1S/C18H16ClN3O4S/c1-2-26-18(25)21-7-6-12-13(9-21)27-15-14(12)16(23)22(17(24)20-15)11-5-3-4-10(19)8-11/h3-5,8H,2,6-7,9H2,1H3,(H,20,24). The zero-order valence-corrected chi connectivity index (χ0v) is 16.0. The van der Waals surface area contributed by atoms with Crippen molar-refractivity contribution < 1.29 is 9.53 Å². The molecule has 9 heteroatoms. The number of H-pyrrole nitrogens is 1. The summed E-state index contributed by atoms with van der Waals surface area (Å²) in [6, 6.07) is 6.61. The number of fused-ring (bicyclic) bond motifs is 3. The number of nitrogens with zero attached hydrogens (tertiary/aromatic N) is 2. The normalized spacial score (nSPS) is 13.6. The molecule has 1 aliphatic heterocycles. The second-order valence-corrected chi connectivity index (χ2v) is 7.67. The van der Waals surface area contributed by atoms with Crippen LogP contribution < -0.4 is 11.2 Å². The summed E-state index contributed by atoms with van der Waals surface area (Å²) < 4.78 is 6.15. The Balaban J connectivity index is 1.85. The third-order valence-corrected chi connectivity index (χ3v) is 5.86. The minimum absolute atomic E-state index is 0.312. The third kappa shape index (κ3) is 3.04. The quantitative estimate of drug-likeness (QED) is 0.710. The molecular weight excluding hydrogens is 390 g/mol. The minimum atomic E-state index is -0.518. The van der Waals surface area contributed by atoms with Gasteiger partial charge in [0, 0.05) is 16.4 Å². The number of aromatic nitrogens is 2. The molecule has 0 fully saturated rings. The third-order valence-electron chi connectivity index (χ3n) is 4.49. The molecule has 3 aromatic rings. The van der Waals surface area contributed by atoms with Gasteiger partial charge in [0.05, 0.1) is 24.2 Å². The summed E-state index contributed by atoms with van der Waals surface area (Å²) >= 11 is 7.34. The zero-order valence-electron chi connectivity index (χ0n) is 14.5. The molecule has 27 heavy (non-hydrogen) atoms. The Kier molecular flexibility index (Phi) is 4.53. The van der Waals surface area contributed by atoms with Gasteiger partial charge in [-0.2, -0.15) is 0 Å². The SMILES string of the molecule is CCOC(=O)N1CCc2c(sc3[nH]c(=O)n(-c4cccc(Cl)c4)c(=O)c23)C1. The Hall–Kier alpha value is -2.58. The number of rotatable bonds is 2. The van der Waals surface area contributed by atoms with Gasteiger partial charge in [-0.25, -0.2) is 14.2 Å². The molecule has 7 nitrogen and oxygen atoms in total. The van der Waals surface area contributed by atoms with Crippen LogP contribution in [0.2, 0.25) is 5.02 Å². The van der Waals surface area contributed by atoms with Gasteiger partial charge in [0.2, 0.25) is 0 Å². The van der Waals surface area contributed by atoms with E-state index >= 15 is 0 Å². The minimum Gasteiger partial charge on any atom is -0.450 e. The van der Waals surface area contributed by atoms with Gasteiger partial charge in [-0.15, -0.1) is 11.3 Å². The summed E-state index contributed by atoms with van der Waals surface area (Å²) in [4.78, 5) is 43.4. The lowest BCUT2D eigenvalue weighted by molar-refractivity contribution is 0.103. The molecule has 1 aliphatic rings. The summed E-state index contributed by atoms with van der Waals surface area (Å²) in [5.41, 5.74) is 0.404. The molecular formula is C18H16ClN3O4S. The van der Waals surface area contributed by atoms with Crippen LogP contribution in [0.3, 0.4) is 0 Å². The highest BCUT2D eigenvalue weighted by atomic mass is 35.5. The number of hydrogen-bond donors (Lipinski definition) is 1. The summed E-state index contributed by atoms with van der Waals surface area (Å²) in [6.45, 7) is 2.90. The van der Waals surface area contributed by atoms with E-state index < -0.39 is 5.69 Å². The topological polar surface area (TPSA) is 84.4 Å². The van der Waals surface area contributed by atoms with Crippen molar-refractivity contribution in [2.75, 3.05) is 13.2 Å². The van der Waals surface area contributed by atoms with E-state index in [1.54, 1.807) is 36.1 Å². The van der Waals surface area contributed by atoms with Gasteiger partial charge in [0.1, 0.15) is 4.83 Å². The summed E-state index contributed by atoms with van der Waals surface area (Å²) in [5.74, 6) is 0. The first kappa shape index (κ1) is 17.8. The van der Waals surface area contributed by atoms with Gasteiger partial charge < -0.3 is 9.64 Å². The predicted molar refractivity (Wildman–Crippen MR) is 104 cm³/mol. The van der Waals surface area contributed by atoms with Crippen LogP contribution in [0.15, 0.2) is 33.9 Å². The van der Waals surface area contributed by atoms with Gasteiger partial charge in [-0.05, 0) is 37.1 Å². The maximum atomic E-state index is 13.1. The van der Waals surface area contributed by atoms with Gasteiger partial charge in [-0.3, -0.25) is 9.78 Å². The highest BCUT2D eigenvalue weighted by Crippen LogP contribution is 2.32. The van der Waals surface area contributed by atoms with E-state index in [2.05, 4.69) is 4.98 Å². The second kappa shape index (κ2) is 6.86. The molecule has 0 unspecified atom stereocenters. The largest absolute Gasteiger partial charge is 0.450 e. The van der Waals surface area contributed by atoms with Crippen LogP contribution in [-0.4, -0.2) is 33.7 Å². The van der Waals surface area contributed by atoms with Crippen molar-refractivity contribution >= 4 is 39.2 Å². The molecule has 0 saturated heterocycles. The Morgan fingerprint density at radius 1 is 1.37 bits per heavy atom. The fourth-order valence-corrected chi connectivity index (χ4v) is 4.72. The van der Waals surface area contributed by atoms with Crippen LogP contribution in [0.1, 0.15) is 17.4 Å². The van der Waals surface area contributed by atoms with Crippen molar-refractivity contribution in [1.82, 2.24) is 14.5 Å². The van der Waals surface area contributed by atoms with Crippen LogP contribution in [0.25, 0.3) is 15.9 Å². The first-order valence-corrected chi connectivity index (χ1v) is 9.66. The maximum Gasteiger partial charge on any atom is 0.410 e. The van der Waals surface area contributed by atoms with Crippen LogP contribution in [0, 0.1) is 0 Å². The highest BCUT2D eigenvalue weighted by Gasteiger charge is 2.27. The van der Waals surface area contributed by atoms with Crippen LogP contribution in [0.5, 0.6) is 0 Å². The van der Waals surface area contributed by atoms with Crippen molar-refractivity contribution in [3.8, 4) is 5.69 Å². The molecule has 1 N–H and O–H groups in total.